The molecule has 2 saturated heterocycles. The number of methoxy groups -OCH3 is 1. The summed E-state index contributed by atoms with van der Waals surface area (Å²) in [5, 5.41) is 7.27. The lowest BCUT2D eigenvalue weighted by molar-refractivity contribution is 0.0283. The molecule has 0 N–H and O–H groups in total. The Labute approximate surface area is 218 Å². The summed E-state index contributed by atoms with van der Waals surface area (Å²) in [6, 6.07) is 18.1. The zero-order valence-corrected chi connectivity index (χ0v) is 21.6. The Hall–Kier alpha value is -2.84. The van der Waals surface area contributed by atoms with Gasteiger partial charge in [-0.3, -0.25) is 9.80 Å². The van der Waals surface area contributed by atoms with Crippen molar-refractivity contribution in [3.63, 3.8) is 0 Å². The summed E-state index contributed by atoms with van der Waals surface area (Å²) in [7, 11) is 1.77. The molecule has 3 heterocycles. The number of hydrogen-bond acceptors (Lipinski definition) is 5. The Morgan fingerprint density at radius 2 is 1.76 bits per heavy atom. The van der Waals surface area contributed by atoms with E-state index in [1.807, 2.05) is 12.1 Å². The van der Waals surface area contributed by atoms with Crippen molar-refractivity contribution in [1.29, 1.82) is 0 Å². The van der Waals surface area contributed by atoms with Crippen LogP contribution >= 0.6 is 0 Å². The zero-order valence-electron chi connectivity index (χ0n) is 21.6. The number of likely N-dealkylation sites (tertiary alicyclic amines) is 1. The first kappa shape index (κ1) is 24.5. The van der Waals surface area contributed by atoms with Crippen LogP contribution in [0.25, 0.3) is 10.8 Å². The van der Waals surface area contributed by atoms with Gasteiger partial charge >= 0.3 is 0 Å². The third-order valence-corrected chi connectivity index (χ3v) is 8.34. The molecule has 6 nitrogen and oxygen atoms in total. The number of para-hydroxylation sites is 1. The molecule has 2 fully saturated rings. The van der Waals surface area contributed by atoms with Crippen LogP contribution in [0, 0.1) is 5.82 Å². The summed E-state index contributed by atoms with van der Waals surface area (Å²) < 4.78 is 25.7. The molecule has 0 saturated carbocycles. The van der Waals surface area contributed by atoms with Crippen LogP contribution in [0.3, 0.4) is 0 Å². The fourth-order valence-electron chi connectivity index (χ4n) is 6.32. The van der Waals surface area contributed by atoms with Crippen LogP contribution in [0.4, 0.5) is 10.1 Å². The lowest BCUT2D eigenvalue weighted by Crippen LogP contribution is -2.58. The summed E-state index contributed by atoms with van der Waals surface area (Å²) in [6.07, 6.45) is 4.22. The molecule has 0 aromatic heterocycles. The SMILES string of the molecule is COc1cccc2c1[N+](CCN1CCOCC1)(C1CCN(Cc3ccc4cc(F)ccc4c3)CC1)N=C2. The molecular weight excluding hydrogens is 467 g/mol. The van der Waals surface area contributed by atoms with E-state index in [4.69, 9.17) is 14.6 Å². The fourth-order valence-corrected chi connectivity index (χ4v) is 6.32. The number of hydrogen-bond donors (Lipinski definition) is 0. The van der Waals surface area contributed by atoms with Crippen molar-refractivity contribution in [2.75, 3.05) is 59.6 Å². The quantitative estimate of drug-likeness (QED) is 0.441. The summed E-state index contributed by atoms with van der Waals surface area (Å²) in [4.78, 5) is 5.05. The summed E-state index contributed by atoms with van der Waals surface area (Å²) in [5.74, 6) is 0.753. The van der Waals surface area contributed by atoms with Gasteiger partial charge in [0.1, 0.15) is 18.4 Å². The van der Waals surface area contributed by atoms with Crippen LogP contribution in [-0.4, -0.2) is 81.6 Å². The van der Waals surface area contributed by atoms with E-state index in [0.717, 1.165) is 88.4 Å². The van der Waals surface area contributed by atoms with Crippen molar-refractivity contribution >= 4 is 22.7 Å². The van der Waals surface area contributed by atoms with Crippen LogP contribution in [0.1, 0.15) is 24.0 Å². The number of quaternary nitrogens is 1. The minimum absolute atomic E-state index is 0.184. The molecule has 0 bridgehead atoms. The van der Waals surface area contributed by atoms with Gasteiger partial charge in [-0.15, -0.1) is 0 Å². The van der Waals surface area contributed by atoms with Crippen LogP contribution in [-0.2, 0) is 11.3 Å². The first-order chi connectivity index (χ1) is 18.1. The minimum Gasteiger partial charge on any atom is -0.491 e. The van der Waals surface area contributed by atoms with Gasteiger partial charge in [-0.1, -0.05) is 29.4 Å². The monoisotopic (exact) mass is 503 g/mol. The highest BCUT2D eigenvalue weighted by atomic mass is 19.1. The lowest BCUT2D eigenvalue weighted by atomic mass is 9.99. The predicted molar refractivity (Wildman–Crippen MR) is 147 cm³/mol. The number of nitrogens with zero attached hydrogens (tertiary/aromatic N) is 4. The number of fused-ring (bicyclic) bond motifs is 2. The Kier molecular flexibility index (Phi) is 6.95. The van der Waals surface area contributed by atoms with Crippen molar-refractivity contribution in [3.05, 3.63) is 71.5 Å². The number of halogens is 1. The van der Waals surface area contributed by atoms with Gasteiger partial charge in [-0.2, -0.15) is 4.59 Å². The predicted octanol–water partition coefficient (Wildman–Crippen LogP) is 4.64. The Morgan fingerprint density at radius 1 is 0.973 bits per heavy atom. The maximum absolute atomic E-state index is 13.6. The molecule has 1 atom stereocenters. The topological polar surface area (TPSA) is 37.3 Å². The average molecular weight is 504 g/mol. The van der Waals surface area contributed by atoms with Gasteiger partial charge in [-0.25, -0.2) is 4.39 Å². The highest BCUT2D eigenvalue weighted by Crippen LogP contribution is 2.44. The van der Waals surface area contributed by atoms with Crippen molar-refractivity contribution < 1.29 is 13.9 Å². The van der Waals surface area contributed by atoms with E-state index in [1.165, 1.54) is 16.8 Å². The first-order valence-corrected chi connectivity index (χ1v) is 13.5. The number of rotatable bonds is 7. The van der Waals surface area contributed by atoms with Crippen LogP contribution in [0.15, 0.2) is 59.7 Å². The molecule has 0 radical (unpaired) electrons. The Balaban J connectivity index is 1.19. The zero-order chi connectivity index (χ0) is 25.2. The highest BCUT2D eigenvalue weighted by Gasteiger charge is 2.48. The second-order valence-electron chi connectivity index (χ2n) is 10.5. The van der Waals surface area contributed by atoms with E-state index in [1.54, 1.807) is 19.2 Å². The molecule has 0 spiro atoms. The molecule has 0 amide bonds. The average Bonchev–Trinajstić information content (AvgIpc) is 3.33. The van der Waals surface area contributed by atoms with Crippen LogP contribution in [0.2, 0.25) is 0 Å². The largest absolute Gasteiger partial charge is 0.491 e. The molecule has 1 unspecified atom stereocenters. The van der Waals surface area contributed by atoms with Gasteiger partial charge in [-0.05, 0) is 46.7 Å². The molecule has 3 aromatic rings. The van der Waals surface area contributed by atoms with E-state index in [-0.39, 0.29) is 5.82 Å². The van der Waals surface area contributed by atoms with Crippen molar-refractivity contribution in [3.8, 4) is 5.75 Å². The number of morpholine rings is 1. The molecule has 194 valence electrons. The summed E-state index contributed by atoms with van der Waals surface area (Å²) in [6.45, 7) is 8.51. The maximum Gasteiger partial charge on any atom is 0.210 e. The van der Waals surface area contributed by atoms with E-state index >= 15 is 0 Å². The number of ether oxygens (including phenoxy) is 2. The second-order valence-corrected chi connectivity index (χ2v) is 10.5. The second kappa shape index (κ2) is 10.5. The van der Waals surface area contributed by atoms with E-state index in [0.29, 0.717) is 10.6 Å². The third kappa shape index (κ3) is 4.89. The van der Waals surface area contributed by atoms with Crippen molar-refractivity contribution in [1.82, 2.24) is 14.4 Å². The molecule has 37 heavy (non-hydrogen) atoms. The van der Waals surface area contributed by atoms with Crippen LogP contribution < -0.4 is 9.33 Å². The molecule has 3 aromatic carbocycles. The van der Waals surface area contributed by atoms with Crippen molar-refractivity contribution in [2.45, 2.75) is 25.4 Å². The minimum atomic E-state index is -0.184. The third-order valence-electron chi connectivity index (χ3n) is 8.34. The standard InChI is InChI=1S/C30H36FN4O2/c1-36-29-4-2-3-26-21-32-35(30(26)29,16-13-33-14-17-37-18-15-33)28-9-11-34(12-10-28)22-23-5-6-25-20-27(31)8-7-24(25)19-23/h2-8,19-21,28H,9-18,22H2,1H3/q+1. The molecular formula is C30H36FN4O2+. The molecule has 3 aliphatic heterocycles. The molecule has 6 rings (SSSR count). The number of benzene rings is 3. The number of piperidine rings is 1. The maximum atomic E-state index is 13.6. The van der Waals surface area contributed by atoms with E-state index < -0.39 is 0 Å². The van der Waals surface area contributed by atoms with E-state index in [9.17, 15) is 4.39 Å². The molecule has 7 heteroatoms. The van der Waals surface area contributed by atoms with Gasteiger partial charge in [0.2, 0.25) is 5.69 Å². The normalized spacial score (nSPS) is 23.0. The van der Waals surface area contributed by atoms with Gasteiger partial charge < -0.3 is 9.47 Å². The molecule has 0 aliphatic carbocycles. The van der Waals surface area contributed by atoms with Crippen LogP contribution in [0.5, 0.6) is 5.75 Å². The summed E-state index contributed by atoms with van der Waals surface area (Å²) >= 11 is 0. The highest BCUT2D eigenvalue weighted by molar-refractivity contribution is 5.93. The van der Waals surface area contributed by atoms with Gasteiger partial charge in [0, 0.05) is 45.6 Å². The van der Waals surface area contributed by atoms with Gasteiger partial charge in [0.05, 0.1) is 38.6 Å². The summed E-state index contributed by atoms with van der Waals surface area (Å²) in [5.41, 5.74) is 3.68. The molecule has 3 aliphatic rings. The van der Waals surface area contributed by atoms with Gasteiger partial charge in [0.25, 0.3) is 0 Å². The van der Waals surface area contributed by atoms with Crippen molar-refractivity contribution in [2.24, 2.45) is 5.10 Å². The van der Waals surface area contributed by atoms with Gasteiger partial charge in [0.15, 0.2) is 5.75 Å². The Morgan fingerprint density at radius 3 is 2.57 bits per heavy atom. The Bertz CT molecular complexity index is 1280. The van der Waals surface area contributed by atoms with E-state index in [2.05, 4.69) is 46.3 Å². The lowest BCUT2D eigenvalue weighted by Gasteiger charge is -2.42. The fraction of sp³-hybridized carbons (Fsp3) is 0.433. The smallest absolute Gasteiger partial charge is 0.210 e. The first-order valence-electron chi connectivity index (χ1n) is 13.5.